The lowest BCUT2D eigenvalue weighted by Crippen LogP contribution is -2.40. The first-order chi connectivity index (χ1) is 14.0. The Kier molecular flexibility index (Phi) is 8.00. The van der Waals surface area contributed by atoms with Crippen molar-refractivity contribution in [2.75, 3.05) is 27.7 Å². The van der Waals surface area contributed by atoms with Crippen molar-refractivity contribution in [3.05, 3.63) is 59.7 Å². The second-order valence-electron chi connectivity index (χ2n) is 8.70. The highest BCUT2D eigenvalue weighted by atomic mass is 16.6. The minimum Gasteiger partial charge on any atom is -0.444 e. The molecule has 0 saturated heterocycles. The third-order valence-electron chi connectivity index (χ3n) is 4.34. The molecule has 2 aromatic rings. The van der Waals surface area contributed by atoms with E-state index in [1.54, 1.807) is 27.8 Å². The number of amides is 2. The summed E-state index contributed by atoms with van der Waals surface area (Å²) in [4.78, 5) is 27.8. The first kappa shape index (κ1) is 23.4. The number of carbonyl (C=O) groups excluding carboxylic acids is 2. The monoisotopic (exact) mass is 411 g/mol. The Bertz CT molecular complexity index is 855. The molecule has 0 bridgehead atoms. The lowest BCUT2D eigenvalue weighted by molar-refractivity contribution is -0.122. The maximum atomic E-state index is 12.3. The highest BCUT2D eigenvalue weighted by Gasteiger charge is 2.21. The Morgan fingerprint density at radius 1 is 0.967 bits per heavy atom. The van der Waals surface area contributed by atoms with Gasteiger partial charge in [0.05, 0.1) is 0 Å². The highest BCUT2D eigenvalue weighted by Crippen LogP contribution is 2.24. The Labute approximate surface area is 179 Å². The van der Waals surface area contributed by atoms with Crippen LogP contribution in [0.5, 0.6) is 0 Å². The lowest BCUT2D eigenvalue weighted by Gasteiger charge is -2.24. The van der Waals surface area contributed by atoms with Gasteiger partial charge in [0.15, 0.2) is 0 Å². The minimum absolute atomic E-state index is 0.0592. The molecule has 0 heterocycles. The van der Waals surface area contributed by atoms with E-state index < -0.39 is 11.7 Å². The van der Waals surface area contributed by atoms with Crippen LogP contribution in [0.4, 0.5) is 4.79 Å². The van der Waals surface area contributed by atoms with E-state index in [9.17, 15) is 9.59 Å². The van der Waals surface area contributed by atoms with E-state index >= 15 is 0 Å². The number of ether oxygens (including phenoxy) is 1. The van der Waals surface area contributed by atoms with Crippen molar-refractivity contribution in [2.24, 2.45) is 0 Å². The molecule has 0 aromatic heterocycles. The van der Waals surface area contributed by atoms with E-state index in [-0.39, 0.29) is 12.5 Å². The molecule has 1 N–H and O–H groups in total. The van der Waals surface area contributed by atoms with Gasteiger partial charge in [-0.3, -0.25) is 4.79 Å². The van der Waals surface area contributed by atoms with Gasteiger partial charge in [0.25, 0.3) is 0 Å². The number of carbonyl (C=O) groups is 2. The zero-order valence-electron chi connectivity index (χ0n) is 18.9. The summed E-state index contributed by atoms with van der Waals surface area (Å²) in [5, 5.41) is 2.90. The predicted molar refractivity (Wildman–Crippen MR) is 120 cm³/mol. The van der Waals surface area contributed by atoms with Crippen LogP contribution in [0.2, 0.25) is 0 Å². The van der Waals surface area contributed by atoms with Crippen molar-refractivity contribution in [2.45, 2.75) is 39.5 Å². The Balaban J connectivity index is 2.00. The molecule has 0 spiro atoms. The number of nitrogens with one attached hydrogen (secondary N) is 1. The van der Waals surface area contributed by atoms with Crippen molar-refractivity contribution in [1.29, 1.82) is 0 Å². The Morgan fingerprint density at radius 3 is 2.20 bits per heavy atom. The fraction of sp³-hybridized carbons (Fsp3) is 0.417. The third-order valence-corrected chi connectivity index (χ3v) is 4.34. The summed E-state index contributed by atoms with van der Waals surface area (Å²) in [6.45, 7) is 6.60. The summed E-state index contributed by atoms with van der Waals surface area (Å²) in [6, 6.07) is 16.5. The molecule has 0 aliphatic rings. The second kappa shape index (κ2) is 10.3. The van der Waals surface area contributed by atoms with Crippen LogP contribution in [0.25, 0.3) is 11.1 Å². The van der Waals surface area contributed by atoms with E-state index in [1.165, 1.54) is 10.5 Å². The van der Waals surface area contributed by atoms with Gasteiger partial charge in [0.2, 0.25) is 5.91 Å². The van der Waals surface area contributed by atoms with Crippen molar-refractivity contribution in [3.8, 4) is 11.1 Å². The number of rotatable bonds is 7. The van der Waals surface area contributed by atoms with Crippen LogP contribution in [0.1, 0.15) is 31.9 Å². The van der Waals surface area contributed by atoms with Crippen LogP contribution in [-0.4, -0.2) is 55.1 Å². The molecular formula is C24H33N3O3. The molecule has 6 heteroatoms. The lowest BCUT2D eigenvalue weighted by atomic mass is 9.98. The third kappa shape index (κ3) is 7.52. The summed E-state index contributed by atoms with van der Waals surface area (Å²) in [6.07, 6.45) is -0.518. The standard InChI is InChI=1S/C24H33N3O3/c1-24(2,3)30-23(29)27(6)17-22(28)25-15-20-9-7-8-10-21(20)19-13-11-18(12-14-19)16-26(4)5/h7-14H,15-17H2,1-6H3,(H,25,28). The SMILES string of the molecule is CN(C)Cc1ccc(-c2ccccc2CNC(=O)CN(C)C(=O)OC(C)(C)C)cc1. The second-order valence-corrected chi connectivity index (χ2v) is 8.70. The van der Waals surface area contributed by atoms with Crippen LogP contribution >= 0.6 is 0 Å². The van der Waals surface area contributed by atoms with E-state index in [2.05, 4.69) is 40.5 Å². The molecule has 6 nitrogen and oxygen atoms in total. The normalized spacial score (nSPS) is 11.3. The molecule has 162 valence electrons. The summed E-state index contributed by atoms with van der Waals surface area (Å²) in [5.74, 6) is -0.237. The van der Waals surface area contributed by atoms with Crippen molar-refractivity contribution < 1.29 is 14.3 Å². The van der Waals surface area contributed by atoms with Gasteiger partial charge in [0.1, 0.15) is 12.1 Å². The molecule has 2 rings (SSSR count). The Morgan fingerprint density at radius 2 is 1.60 bits per heavy atom. The highest BCUT2D eigenvalue weighted by molar-refractivity contribution is 5.82. The maximum absolute atomic E-state index is 12.3. The van der Waals surface area contributed by atoms with Crippen molar-refractivity contribution in [1.82, 2.24) is 15.1 Å². The topological polar surface area (TPSA) is 61.9 Å². The van der Waals surface area contributed by atoms with E-state index in [0.29, 0.717) is 6.54 Å². The summed E-state index contributed by atoms with van der Waals surface area (Å²) < 4.78 is 5.28. The maximum Gasteiger partial charge on any atom is 0.410 e. The van der Waals surface area contributed by atoms with Crippen molar-refractivity contribution >= 4 is 12.0 Å². The summed E-state index contributed by atoms with van der Waals surface area (Å²) in [7, 11) is 5.65. The molecule has 0 atom stereocenters. The van der Waals surface area contributed by atoms with E-state index in [0.717, 1.165) is 23.2 Å². The van der Waals surface area contributed by atoms with Crippen LogP contribution in [0.15, 0.2) is 48.5 Å². The molecule has 0 aliphatic carbocycles. The van der Waals surface area contributed by atoms with Crippen molar-refractivity contribution in [3.63, 3.8) is 0 Å². The van der Waals surface area contributed by atoms with Gasteiger partial charge in [-0.05, 0) is 57.1 Å². The molecule has 0 saturated carbocycles. The smallest absolute Gasteiger partial charge is 0.410 e. The molecule has 0 fully saturated rings. The average Bonchev–Trinajstić information content (AvgIpc) is 2.65. The predicted octanol–water partition coefficient (Wildman–Crippen LogP) is 3.90. The number of hydrogen-bond acceptors (Lipinski definition) is 4. The number of hydrogen-bond donors (Lipinski definition) is 1. The molecule has 0 unspecified atom stereocenters. The van der Waals surface area contributed by atoms with Gasteiger partial charge < -0.3 is 19.9 Å². The summed E-state index contributed by atoms with van der Waals surface area (Å²) in [5.41, 5.74) is 3.86. The van der Waals surface area contributed by atoms with Gasteiger partial charge in [-0.25, -0.2) is 4.79 Å². The molecule has 0 radical (unpaired) electrons. The van der Waals surface area contributed by atoms with E-state index in [1.807, 2.05) is 32.3 Å². The van der Waals surface area contributed by atoms with Gasteiger partial charge in [-0.2, -0.15) is 0 Å². The molecule has 2 amide bonds. The number of likely N-dealkylation sites (N-methyl/N-ethyl adjacent to an activating group) is 1. The average molecular weight is 412 g/mol. The largest absolute Gasteiger partial charge is 0.444 e. The fourth-order valence-corrected chi connectivity index (χ4v) is 2.98. The quantitative estimate of drug-likeness (QED) is 0.751. The Hall–Kier alpha value is -2.86. The van der Waals surface area contributed by atoms with Crippen LogP contribution < -0.4 is 5.32 Å². The number of nitrogens with zero attached hydrogens (tertiary/aromatic N) is 2. The van der Waals surface area contributed by atoms with Gasteiger partial charge in [0, 0.05) is 20.1 Å². The van der Waals surface area contributed by atoms with Crippen LogP contribution in [0.3, 0.4) is 0 Å². The molecular weight excluding hydrogens is 378 g/mol. The molecule has 30 heavy (non-hydrogen) atoms. The van der Waals surface area contributed by atoms with Gasteiger partial charge in [-0.15, -0.1) is 0 Å². The first-order valence-electron chi connectivity index (χ1n) is 10.1. The van der Waals surface area contributed by atoms with E-state index in [4.69, 9.17) is 4.74 Å². The van der Waals surface area contributed by atoms with Gasteiger partial charge >= 0.3 is 6.09 Å². The molecule has 2 aromatic carbocycles. The zero-order chi connectivity index (χ0) is 22.3. The minimum atomic E-state index is -0.594. The first-order valence-corrected chi connectivity index (χ1v) is 10.1. The zero-order valence-corrected chi connectivity index (χ0v) is 18.9. The van der Waals surface area contributed by atoms with Crippen LogP contribution in [0, 0.1) is 0 Å². The number of benzene rings is 2. The van der Waals surface area contributed by atoms with Crippen LogP contribution in [-0.2, 0) is 22.6 Å². The molecule has 0 aliphatic heterocycles. The fourth-order valence-electron chi connectivity index (χ4n) is 2.98. The van der Waals surface area contributed by atoms with Gasteiger partial charge in [-0.1, -0.05) is 48.5 Å². The summed E-state index contributed by atoms with van der Waals surface area (Å²) >= 11 is 0.